The predicted octanol–water partition coefficient (Wildman–Crippen LogP) is 3.26. The number of aliphatic hydroxyl groups is 1. The molecule has 2 aromatic heterocycles. The number of pyridine rings is 2. The Hall–Kier alpha value is -1.41. The van der Waals surface area contributed by atoms with Crippen LogP contribution in [0.1, 0.15) is 31.4 Å². The Morgan fingerprint density at radius 2 is 2.05 bits per heavy atom. The molecule has 1 aliphatic rings. The summed E-state index contributed by atoms with van der Waals surface area (Å²) in [4.78, 5) is 16.2. The van der Waals surface area contributed by atoms with E-state index in [9.17, 15) is 23.1 Å². The van der Waals surface area contributed by atoms with Crippen molar-refractivity contribution in [1.82, 2.24) is 9.55 Å². The summed E-state index contributed by atoms with van der Waals surface area (Å²) in [5.41, 5.74) is -2.66. The topological polar surface area (TPSA) is 55.1 Å². The maximum atomic E-state index is 13.2. The van der Waals surface area contributed by atoms with E-state index >= 15 is 0 Å². The van der Waals surface area contributed by atoms with Crippen molar-refractivity contribution in [2.75, 3.05) is 0 Å². The van der Waals surface area contributed by atoms with Crippen molar-refractivity contribution >= 4 is 27.0 Å². The van der Waals surface area contributed by atoms with Crippen LogP contribution in [0.5, 0.6) is 0 Å². The van der Waals surface area contributed by atoms with Gasteiger partial charge in [-0.2, -0.15) is 13.2 Å². The molecule has 0 atom stereocenters. The first kappa shape index (κ1) is 15.5. The van der Waals surface area contributed by atoms with Crippen molar-refractivity contribution in [3.63, 3.8) is 0 Å². The molecule has 0 aromatic carbocycles. The van der Waals surface area contributed by atoms with Gasteiger partial charge in [0, 0.05) is 28.2 Å². The molecule has 1 aliphatic carbocycles. The van der Waals surface area contributed by atoms with E-state index in [1.54, 1.807) is 6.92 Å². The van der Waals surface area contributed by atoms with Gasteiger partial charge in [-0.25, -0.2) is 4.98 Å². The number of hydrogen-bond acceptors (Lipinski definition) is 3. The van der Waals surface area contributed by atoms with Crippen molar-refractivity contribution in [3.8, 4) is 0 Å². The van der Waals surface area contributed by atoms with Crippen LogP contribution in [0.25, 0.3) is 11.0 Å². The lowest BCUT2D eigenvalue weighted by Crippen LogP contribution is -2.45. The molecule has 22 heavy (non-hydrogen) atoms. The molecular formula is C14H12BrF3N2O2. The van der Waals surface area contributed by atoms with E-state index in [2.05, 4.69) is 20.9 Å². The van der Waals surface area contributed by atoms with Gasteiger partial charge in [-0.3, -0.25) is 9.36 Å². The van der Waals surface area contributed by atoms with Gasteiger partial charge in [-0.05, 0) is 41.8 Å². The molecule has 0 saturated heterocycles. The molecule has 3 rings (SSSR count). The zero-order chi connectivity index (χ0) is 16.3. The third kappa shape index (κ3) is 2.54. The van der Waals surface area contributed by atoms with Crippen LogP contribution in [0, 0.1) is 0 Å². The number of halogens is 4. The molecule has 0 unspecified atom stereocenters. The zero-order valence-corrected chi connectivity index (χ0v) is 13.1. The Labute approximate surface area is 131 Å². The molecule has 1 fully saturated rings. The Kier molecular flexibility index (Phi) is 3.37. The number of hydrogen-bond donors (Lipinski definition) is 1. The minimum atomic E-state index is -4.63. The smallest absolute Gasteiger partial charge is 0.390 e. The third-order valence-corrected chi connectivity index (χ3v) is 4.31. The van der Waals surface area contributed by atoms with Crippen LogP contribution in [0.4, 0.5) is 13.2 Å². The fourth-order valence-electron chi connectivity index (χ4n) is 2.92. The SMILES string of the molecule is CC1(O)CC(n2c(=O)cc(C(F)(F)F)c3cc(Br)cnc32)C1. The minimum absolute atomic E-state index is 0.0106. The van der Waals surface area contributed by atoms with E-state index in [1.165, 1.54) is 16.8 Å². The molecule has 8 heteroatoms. The fraction of sp³-hybridized carbons (Fsp3) is 0.429. The normalized spacial score (nSPS) is 25.3. The average molecular weight is 377 g/mol. The summed E-state index contributed by atoms with van der Waals surface area (Å²) in [6.45, 7) is 1.63. The minimum Gasteiger partial charge on any atom is -0.390 e. The second kappa shape index (κ2) is 4.79. The highest BCUT2D eigenvalue weighted by atomic mass is 79.9. The number of alkyl halides is 3. The number of nitrogens with zero attached hydrogens (tertiary/aromatic N) is 2. The van der Waals surface area contributed by atoms with Crippen LogP contribution < -0.4 is 5.56 Å². The van der Waals surface area contributed by atoms with Crippen LogP contribution in [-0.4, -0.2) is 20.3 Å². The van der Waals surface area contributed by atoms with Crippen molar-refractivity contribution < 1.29 is 18.3 Å². The van der Waals surface area contributed by atoms with E-state index in [4.69, 9.17) is 0 Å². The van der Waals surface area contributed by atoms with Gasteiger partial charge in [-0.1, -0.05) is 0 Å². The van der Waals surface area contributed by atoms with Gasteiger partial charge < -0.3 is 5.11 Å². The molecule has 0 aliphatic heterocycles. The van der Waals surface area contributed by atoms with E-state index in [0.717, 1.165) is 0 Å². The standard InChI is InChI=1S/C14H12BrF3N2O2/c1-13(22)4-8(5-13)20-11(21)3-10(14(16,17)18)9-2-7(15)6-19-12(9)20/h2-3,6,8,22H,4-5H2,1H3. The van der Waals surface area contributed by atoms with E-state index in [-0.39, 0.29) is 17.1 Å². The Morgan fingerprint density at radius 3 is 2.59 bits per heavy atom. The van der Waals surface area contributed by atoms with Crippen LogP contribution >= 0.6 is 15.9 Å². The second-order valence-electron chi connectivity index (χ2n) is 5.85. The summed E-state index contributed by atoms with van der Waals surface area (Å²) in [5.74, 6) is 0. The lowest BCUT2D eigenvalue weighted by Gasteiger charge is -2.42. The Bertz CT molecular complexity index is 806. The molecular weight excluding hydrogens is 365 g/mol. The summed E-state index contributed by atoms with van der Waals surface area (Å²) in [6, 6.07) is 1.56. The summed E-state index contributed by atoms with van der Waals surface area (Å²) < 4.78 is 41.1. The highest BCUT2D eigenvalue weighted by molar-refractivity contribution is 9.10. The summed E-state index contributed by atoms with van der Waals surface area (Å²) in [5, 5.41) is 9.68. The van der Waals surface area contributed by atoms with Gasteiger partial charge in [0.1, 0.15) is 5.65 Å². The van der Waals surface area contributed by atoms with E-state index in [1.807, 2.05) is 0 Å². The van der Waals surface area contributed by atoms with E-state index < -0.39 is 22.9 Å². The lowest BCUT2D eigenvalue weighted by atomic mass is 9.77. The van der Waals surface area contributed by atoms with Gasteiger partial charge in [0.05, 0.1) is 11.2 Å². The molecule has 1 saturated carbocycles. The first-order valence-corrected chi connectivity index (χ1v) is 7.38. The van der Waals surface area contributed by atoms with Crippen LogP contribution in [0.3, 0.4) is 0 Å². The third-order valence-electron chi connectivity index (χ3n) is 3.88. The highest BCUT2D eigenvalue weighted by Gasteiger charge is 2.42. The molecule has 0 amide bonds. The van der Waals surface area contributed by atoms with Crippen molar-refractivity contribution in [2.45, 2.75) is 37.6 Å². The average Bonchev–Trinajstić information content (AvgIpc) is 2.34. The number of rotatable bonds is 1. The van der Waals surface area contributed by atoms with Crippen LogP contribution in [-0.2, 0) is 6.18 Å². The van der Waals surface area contributed by atoms with Crippen molar-refractivity contribution in [3.05, 3.63) is 38.7 Å². The van der Waals surface area contributed by atoms with Gasteiger partial charge in [0.2, 0.25) is 0 Å². The molecule has 4 nitrogen and oxygen atoms in total. The van der Waals surface area contributed by atoms with Crippen LogP contribution in [0.15, 0.2) is 27.6 Å². The molecule has 0 bridgehead atoms. The Morgan fingerprint density at radius 1 is 1.41 bits per heavy atom. The van der Waals surface area contributed by atoms with Crippen LogP contribution in [0.2, 0.25) is 0 Å². The van der Waals surface area contributed by atoms with E-state index in [0.29, 0.717) is 23.4 Å². The molecule has 2 heterocycles. The monoisotopic (exact) mass is 376 g/mol. The van der Waals surface area contributed by atoms with Gasteiger partial charge in [0.25, 0.3) is 5.56 Å². The Balaban J connectivity index is 2.27. The summed E-state index contributed by atoms with van der Waals surface area (Å²) >= 11 is 3.11. The number of aromatic nitrogens is 2. The maximum Gasteiger partial charge on any atom is 0.417 e. The quantitative estimate of drug-likeness (QED) is 0.830. The molecule has 1 N–H and O–H groups in total. The lowest BCUT2D eigenvalue weighted by molar-refractivity contribution is -0.136. The zero-order valence-electron chi connectivity index (χ0n) is 11.5. The predicted molar refractivity (Wildman–Crippen MR) is 77.6 cm³/mol. The molecule has 0 spiro atoms. The fourth-order valence-corrected chi connectivity index (χ4v) is 3.25. The molecule has 2 aromatic rings. The second-order valence-corrected chi connectivity index (χ2v) is 6.76. The first-order chi connectivity index (χ1) is 10.1. The van der Waals surface area contributed by atoms with Gasteiger partial charge in [-0.15, -0.1) is 0 Å². The summed E-state index contributed by atoms with van der Waals surface area (Å²) in [7, 11) is 0. The molecule has 0 radical (unpaired) electrons. The molecule has 118 valence electrons. The number of fused-ring (bicyclic) bond motifs is 1. The van der Waals surface area contributed by atoms with Gasteiger partial charge >= 0.3 is 6.18 Å². The first-order valence-electron chi connectivity index (χ1n) is 6.59. The van der Waals surface area contributed by atoms with Gasteiger partial charge in [0.15, 0.2) is 0 Å². The highest BCUT2D eigenvalue weighted by Crippen LogP contribution is 2.42. The summed E-state index contributed by atoms with van der Waals surface area (Å²) in [6.07, 6.45) is -2.66. The largest absolute Gasteiger partial charge is 0.417 e. The maximum absolute atomic E-state index is 13.2. The van der Waals surface area contributed by atoms with Crippen molar-refractivity contribution in [2.24, 2.45) is 0 Å². The van der Waals surface area contributed by atoms with Crippen molar-refractivity contribution in [1.29, 1.82) is 0 Å².